The van der Waals surface area contributed by atoms with Crippen LogP contribution in [0, 0.1) is 37.1 Å². The summed E-state index contributed by atoms with van der Waals surface area (Å²) < 4.78 is 54.8. The zero-order valence-electron chi connectivity index (χ0n) is 17.2. The lowest BCUT2D eigenvalue weighted by molar-refractivity contribution is -0.152. The molecule has 0 aliphatic rings. The standard InChI is InChI=1S/C22H22F4O6/c1-9-13(23)5-3-11(17(9)25)7-15(27)19(29)21(31)22(32)20(30)16(28)8-12-4-6-14(24)10(2)18(12)26/h3-6,15-16,19-20,27-30H,7-8H2,1-2H3/t15?,16?,19-,20+. The molecule has 0 heterocycles. The maximum atomic E-state index is 14.1. The van der Waals surface area contributed by atoms with Gasteiger partial charge in [0.25, 0.3) is 0 Å². The highest BCUT2D eigenvalue weighted by molar-refractivity contribution is 6.40. The van der Waals surface area contributed by atoms with Gasteiger partial charge >= 0.3 is 0 Å². The molecule has 174 valence electrons. The minimum absolute atomic E-state index is 0.224. The highest BCUT2D eigenvalue weighted by atomic mass is 19.1. The van der Waals surface area contributed by atoms with E-state index in [0.29, 0.717) is 0 Å². The SMILES string of the molecule is Cc1c(F)ccc(CC(O)[C@H](O)C(=O)C(=O)[C@H](O)C(O)Cc2ccc(F)c(C)c2F)c1F. The monoisotopic (exact) mass is 458 g/mol. The Hall–Kier alpha value is -2.66. The fourth-order valence-electron chi connectivity index (χ4n) is 3.07. The number of hydrogen-bond donors (Lipinski definition) is 4. The van der Waals surface area contributed by atoms with Crippen molar-refractivity contribution in [3.8, 4) is 0 Å². The number of rotatable bonds is 9. The predicted molar refractivity (Wildman–Crippen MR) is 104 cm³/mol. The molecule has 0 fully saturated rings. The second-order valence-corrected chi connectivity index (χ2v) is 7.45. The Labute approximate surface area is 180 Å². The van der Waals surface area contributed by atoms with E-state index in [1.54, 1.807) is 0 Å². The molecule has 6 nitrogen and oxygen atoms in total. The van der Waals surface area contributed by atoms with E-state index in [9.17, 15) is 47.6 Å². The lowest BCUT2D eigenvalue weighted by Gasteiger charge is -2.21. The number of ketones is 2. The van der Waals surface area contributed by atoms with Crippen molar-refractivity contribution in [2.24, 2.45) is 0 Å². The van der Waals surface area contributed by atoms with Crippen molar-refractivity contribution in [1.29, 1.82) is 0 Å². The van der Waals surface area contributed by atoms with Crippen molar-refractivity contribution < 1.29 is 47.6 Å². The Balaban J connectivity index is 2.07. The van der Waals surface area contributed by atoms with Gasteiger partial charge < -0.3 is 20.4 Å². The summed E-state index contributed by atoms with van der Waals surface area (Å²) >= 11 is 0. The van der Waals surface area contributed by atoms with Crippen molar-refractivity contribution in [3.05, 3.63) is 69.8 Å². The maximum absolute atomic E-state index is 14.1. The number of carbonyl (C=O) groups is 2. The van der Waals surface area contributed by atoms with Gasteiger partial charge in [-0.25, -0.2) is 17.6 Å². The fraction of sp³-hybridized carbons (Fsp3) is 0.364. The van der Waals surface area contributed by atoms with Crippen LogP contribution in [0.25, 0.3) is 0 Å². The second kappa shape index (κ2) is 10.3. The Kier molecular flexibility index (Phi) is 8.24. The summed E-state index contributed by atoms with van der Waals surface area (Å²) in [5.74, 6) is -7.00. The molecule has 0 saturated heterocycles. The van der Waals surface area contributed by atoms with Crippen molar-refractivity contribution in [2.75, 3.05) is 0 Å². The summed E-state index contributed by atoms with van der Waals surface area (Å²) in [7, 11) is 0. The van der Waals surface area contributed by atoms with E-state index in [1.807, 2.05) is 0 Å². The van der Waals surface area contributed by atoms with Gasteiger partial charge in [0.15, 0.2) is 0 Å². The molecule has 10 heteroatoms. The van der Waals surface area contributed by atoms with E-state index in [-0.39, 0.29) is 22.3 Å². The van der Waals surface area contributed by atoms with E-state index in [4.69, 9.17) is 0 Å². The first-order valence-corrected chi connectivity index (χ1v) is 9.54. The van der Waals surface area contributed by atoms with Crippen molar-refractivity contribution >= 4 is 11.6 Å². The molecule has 0 aliphatic carbocycles. The molecule has 2 unspecified atom stereocenters. The van der Waals surface area contributed by atoms with E-state index in [2.05, 4.69) is 0 Å². The molecule has 0 spiro atoms. The van der Waals surface area contributed by atoms with Gasteiger partial charge in [0.2, 0.25) is 11.6 Å². The van der Waals surface area contributed by atoms with Crippen molar-refractivity contribution in [2.45, 2.75) is 51.1 Å². The third-order valence-corrected chi connectivity index (χ3v) is 5.17. The molecule has 32 heavy (non-hydrogen) atoms. The lowest BCUT2D eigenvalue weighted by atomic mass is 9.93. The Bertz CT molecular complexity index is 944. The number of hydrogen-bond acceptors (Lipinski definition) is 6. The molecular weight excluding hydrogens is 436 g/mol. The van der Waals surface area contributed by atoms with Crippen LogP contribution in [0.15, 0.2) is 24.3 Å². The van der Waals surface area contributed by atoms with E-state index >= 15 is 0 Å². The van der Waals surface area contributed by atoms with Crippen LogP contribution in [0.1, 0.15) is 22.3 Å². The molecule has 0 amide bonds. The molecule has 2 aromatic carbocycles. The number of halogens is 4. The first kappa shape index (κ1) is 25.6. The minimum atomic E-state index is -2.38. The summed E-state index contributed by atoms with van der Waals surface area (Å²) in [5, 5.41) is 39.9. The molecule has 2 aromatic rings. The average molecular weight is 458 g/mol. The normalized spacial score (nSPS) is 15.2. The first-order chi connectivity index (χ1) is 14.9. The maximum Gasteiger partial charge on any atom is 0.232 e. The van der Waals surface area contributed by atoms with Crippen LogP contribution in [0.3, 0.4) is 0 Å². The summed E-state index contributed by atoms with van der Waals surface area (Å²) in [5.41, 5.74) is -1.13. The number of aliphatic hydroxyl groups excluding tert-OH is 4. The van der Waals surface area contributed by atoms with Crippen LogP contribution in [-0.4, -0.2) is 56.4 Å². The van der Waals surface area contributed by atoms with Gasteiger partial charge in [0.05, 0.1) is 12.2 Å². The van der Waals surface area contributed by atoms with Gasteiger partial charge in [-0.15, -0.1) is 0 Å². The molecule has 2 rings (SSSR count). The van der Waals surface area contributed by atoms with Gasteiger partial charge in [-0.1, -0.05) is 12.1 Å². The second-order valence-electron chi connectivity index (χ2n) is 7.45. The largest absolute Gasteiger partial charge is 0.390 e. The topological polar surface area (TPSA) is 115 Å². The fourth-order valence-corrected chi connectivity index (χ4v) is 3.07. The summed E-state index contributed by atoms with van der Waals surface area (Å²) in [6, 6.07) is 3.85. The van der Waals surface area contributed by atoms with Gasteiger partial charge in [-0.05, 0) is 37.1 Å². The van der Waals surface area contributed by atoms with E-state index in [1.165, 1.54) is 0 Å². The molecular formula is C22H22F4O6. The number of carbonyl (C=O) groups excluding carboxylic acids is 2. The molecule has 0 saturated carbocycles. The van der Waals surface area contributed by atoms with Crippen LogP contribution < -0.4 is 0 Å². The average Bonchev–Trinajstić information content (AvgIpc) is 2.77. The van der Waals surface area contributed by atoms with Crippen LogP contribution in [0.4, 0.5) is 17.6 Å². The van der Waals surface area contributed by atoms with Crippen LogP contribution in [0.5, 0.6) is 0 Å². The number of Topliss-reactive ketones (excluding diaryl/α,β-unsaturated/α-hetero) is 2. The Morgan fingerprint density at radius 1 is 0.688 bits per heavy atom. The predicted octanol–water partition coefficient (Wildman–Crippen LogP) is 1.23. The van der Waals surface area contributed by atoms with Gasteiger partial charge in [0, 0.05) is 24.0 Å². The lowest BCUT2D eigenvalue weighted by Crippen LogP contribution is -2.47. The smallest absolute Gasteiger partial charge is 0.232 e. The molecule has 4 atom stereocenters. The van der Waals surface area contributed by atoms with Gasteiger partial charge in [-0.2, -0.15) is 0 Å². The molecule has 0 radical (unpaired) electrons. The van der Waals surface area contributed by atoms with Crippen LogP contribution in [-0.2, 0) is 22.4 Å². The zero-order valence-corrected chi connectivity index (χ0v) is 17.2. The highest BCUT2D eigenvalue weighted by Gasteiger charge is 2.37. The molecule has 0 aliphatic heterocycles. The third-order valence-electron chi connectivity index (χ3n) is 5.17. The third kappa shape index (κ3) is 5.39. The quantitative estimate of drug-likeness (QED) is 0.332. The van der Waals surface area contributed by atoms with E-state index < -0.39 is 72.1 Å². The van der Waals surface area contributed by atoms with Crippen molar-refractivity contribution in [3.63, 3.8) is 0 Å². The first-order valence-electron chi connectivity index (χ1n) is 9.54. The van der Waals surface area contributed by atoms with Crippen molar-refractivity contribution in [1.82, 2.24) is 0 Å². The van der Waals surface area contributed by atoms with E-state index in [0.717, 1.165) is 38.1 Å². The summed E-state index contributed by atoms with van der Waals surface area (Å²) in [6.07, 6.45) is -10.0. The van der Waals surface area contributed by atoms with Crippen LogP contribution >= 0.6 is 0 Å². The zero-order chi connectivity index (χ0) is 24.3. The summed E-state index contributed by atoms with van der Waals surface area (Å²) in [6.45, 7) is 2.30. The van der Waals surface area contributed by atoms with Gasteiger partial charge in [0.1, 0.15) is 35.5 Å². The van der Waals surface area contributed by atoms with Gasteiger partial charge in [-0.3, -0.25) is 9.59 Å². The Morgan fingerprint density at radius 3 is 1.31 bits per heavy atom. The Morgan fingerprint density at radius 2 is 1.00 bits per heavy atom. The summed E-state index contributed by atoms with van der Waals surface area (Å²) in [4.78, 5) is 24.3. The molecule has 0 aromatic heterocycles. The highest BCUT2D eigenvalue weighted by Crippen LogP contribution is 2.20. The molecule has 0 bridgehead atoms. The minimum Gasteiger partial charge on any atom is -0.390 e. The van der Waals surface area contributed by atoms with Crippen LogP contribution in [0.2, 0.25) is 0 Å². The number of aliphatic hydroxyl groups is 4. The molecule has 4 N–H and O–H groups in total. The number of benzene rings is 2.